The minimum Gasteiger partial charge on any atom is -0.212 e. The summed E-state index contributed by atoms with van der Waals surface area (Å²) < 4.78 is 24.4. The van der Waals surface area contributed by atoms with Gasteiger partial charge in [0.05, 0.1) is 5.75 Å². The second-order valence-corrected chi connectivity index (χ2v) is 5.50. The van der Waals surface area contributed by atoms with E-state index in [1.54, 1.807) is 11.2 Å². The van der Waals surface area contributed by atoms with Gasteiger partial charge in [0.25, 0.3) is 0 Å². The minimum absolute atomic E-state index is 0.188. The number of rotatable bonds is 2. The third-order valence-corrected chi connectivity index (χ3v) is 4.33. The van der Waals surface area contributed by atoms with Crippen molar-refractivity contribution in [1.82, 2.24) is 4.31 Å². The average Bonchev–Trinajstić information content (AvgIpc) is 2.18. The van der Waals surface area contributed by atoms with Crippen LogP contribution in [0.2, 0.25) is 0 Å². The average molecular weight is 201 g/mol. The first kappa shape index (κ1) is 10.6. The zero-order chi connectivity index (χ0) is 9.90. The van der Waals surface area contributed by atoms with Crippen LogP contribution in [0.4, 0.5) is 0 Å². The predicted octanol–water partition coefficient (Wildman–Crippen LogP) is 0.681. The van der Waals surface area contributed by atoms with Crippen LogP contribution in [0, 0.1) is 18.3 Å². The van der Waals surface area contributed by atoms with Crippen molar-refractivity contribution in [3.05, 3.63) is 0 Å². The molecule has 0 spiro atoms. The molecule has 1 aliphatic heterocycles. The Labute approximate surface area is 80.2 Å². The summed E-state index contributed by atoms with van der Waals surface area (Å²) >= 11 is 0. The molecule has 1 heterocycles. The molecule has 1 rings (SSSR count). The molecule has 0 aromatic heterocycles. The Balaban J connectivity index is 2.56. The van der Waals surface area contributed by atoms with Crippen molar-refractivity contribution in [1.29, 1.82) is 0 Å². The molecule has 0 N–H and O–H groups in total. The number of terminal acetylenes is 1. The summed E-state index contributed by atoms with van der Waals surface area (Å²) in [6, 6.07) is 0. The third kappa shape index (κ3) is 2.45. The van der Waals surface area contributed by atoms with E-state index >= 15 is 0 Å². The van der Waals surface area contributed by atoms with Crippen molar-refractivity contribution in [2.45, 2.75) is 19.8 Å². The van der Waals surface area contributed by atoms with Gasteiger partial charge in [-0.3, -0.25) is 0 Å². The van der Waals surface area contributed by atoms with Gasteiger partial charge in [-0.25, -0.2) is 12.7 Å². The minimum atomic E-state index is -2.99. The molecule has 3 nitrogen and oxygen atoms in total. The summed E-state index contributed by atoms with van der Waals surface area (Å²) in [5, 5.41) is 0. The summed E-state index contributed by atoms with van der Waals surface area (Å²) in [4.78, 5) is 0. The van der Waals surface area contributed by atoms with Crippen molar-refractivity contribution < 1.29 is 8.42 Å². The maximum absolute atomic E-state index is 11.4. The summed E-state index contributed by atoms with van der Waals surface area (Å²) in [6.45, 7) is 2.85. The quantitative estimate of drug-likeness (QED) is 0.616. The summed E-state index contributed by atoms with van der Waals surface area (Å²) in [7, 11) is -2.99. The Bertz CT molecular complexity index is 294. The summed E-state index contributed by atoms with van der Waals surface area (Å²) in [6.07, 6.45) is 6.87. The summed E-state index contributed by atoms with van der Waals surface area (Å²) in [5.74, 6) is 3.13. The molecule has 0 amide bonds. The van der Waals surface area contributed by atoms with E-state index in [9.17, 15) is 8.42 Å². The largest absolute Gasteiger partial charge is 0.213 e. The molecule has 74 valence electrons. The monoisotopic (exact) mass is 201 g/mol. The van der Waals surface area contributed by atoms with Crippen LogP contribution in [0.3, 0.4) is 0 Å². The molecule has 0 bridgehead atoms. The van der Waals surface area contributed by atoms with Crippen molar-refractivity contribution in [3.63, 3.8) is 0 Å². The first-order valence-electron chi connectivity index (χ1n) is 4.54. The van der Waals surface area contributed by atoms with E-state index in [-0.39, 0.29) is 11.7 Å². The van der Waals surface area contributed by atoms with Gasteiger partial charge in [-0.15, -0.1) is 12.3 Å². The fraction of sp³-hybridized carbons (Fsp3) is 0.778. The Morgan fingerprint density at radius 1 is 1.46 bits per heavy atom. The van der Waals surface area contributed by atoms with Gasteiger partial charge in [0.2, 0.25) is 10.0 Å². The Kier molecular flexibility index (Phi) is 3.34. The molecule has 0 radical (unpaired) electrons. The molecule has 1 fully saturated rings. The molecule has 0 atom stereocenters. The topological polar surface area (TPSA) is 37.4 Å². The molecule has 1 aliphatic rings. The van der Waals surface area contributed by atoms with Gasteiger partial charge >= 0.3 is 0 Å². The molecule has 0 unspecified atom stereocenters. The number of piperidine rings is 1. The van der Waals surface area contributed by atoms with Crippen molar-refractivity contribution in [2.75, 3.05) is 18.8 Å². The predicted molar refractivity (Wildman–Crippen MR) is 52.6 cm³/mol. The highest BCUT2D eigenvalue weighted by atomic mass is 32.2. The second-order valence-electron chi connectivity index (χ2n) is 3.24. The lowest BCUT2D eigenvalue weighted by molar-refractivity contribution is 0.312. The van der Waals surface area contributed by atoms with Crippen LogP contribution in [0.25, 0.3) is 0 Å². The second kappa shape index (κ2) is 4.12. The first-order valence-corrected chi connectivity index (χ1v) is 6.15. The molecule has 13 heavy (non-hydrogen) atoms. The zero-order valence-corrected chi connectivity index (χ0v) is 8.68. The highest BCUT2D eigenvalue weighted by Crippen LogP contribution is 2.18. The SMILES string of the molecule is C#CC1CCN(S(=O)(=O)CC)CC1. The van der Waals surface area contributed by atoms with Crippen molar-refractivity contribution in [2.24, 2.45) is 5.92 Å². The molecule has 0 aliphatic carbocycles. The van der Waals surface area contributed by atoms with Crippen molar-refractivity contribution in [3.8, 4) is 12.3 Å². The Hall–Kier alpha value is -0.530. The number of nitrogens with zero attached hydrogens (tertiary/aromatic N) is 1. The van der Waals surface area contributed by atoms with E-state index in [0.29, 0.717) is 13.1 Å². The van der Waals surface area contributed by atoms with E-state index < -0.39 is 10.0 Å². The molecule has 0 aromatic rings. The highest BCUT2D eigenvalue weighted by Gasteiger charge is 2.25. The van der Waals surface area contributed by atoms with E-state index in [1.807, 2.05) is 0 Å². The Morgan fingerprint density at radius 3 is 2.38 bits per heavy atom. The molecular formula is C9H15NO2S. The lowest BCUT2D eigenvalue weighted by atomic mass is 10.00. The zero-order valence-electron chi connectivity index (χ0n) is 7.86. The third-order valence-electron chi connectivity index (χ3n) is 2.45. The number of sulfonamides is 1. The van der Waals surface area contributed by atoms with Crippen LogP contribution in [0.15, 0.2) is 0 Å². The van der Waals surface area contributed by atoms with Crippen LogP contribution in [-0.2, 0) is 10.0 Å². The lowest BCUT2D eigenvalue weighted by Gasteiger charge is -2.28. The fourth-order valence-electron chi connectivity index (χ4n) is 1.48. The summed E-state index contributed by atoms with van der Waals surface area (Å²) in [5.41, 5.74) is 0. The van der Waals surface area contributed by atoms with Gasteiger partial charge in [0.15, 0.2) is 0 Å². The van der Waals surface area contributed by atoms with Gasteiger partial charge in [0.1, 0.15) is 0 Å². The van der Waals surface area contributed by atoms with Gasteiger partial charge in [-0.2, -0.15) is 0 Å². The lowest BCUT2D eigenvalue weighted by Crippen LogP contribution is -2.38. The van der Waals surface area contributed by atoms with Gasteiger partial charge in [-0.05, 0) is 19.8 Å². The smallest absolute Gasteiger partial charge is 0.212 e. The molecule has 4 heteroatoms. The fourth-order valence-corrected chi connectivity index (χ4v) is 2.62. The van der Waals surface area contributed by atoms with Gasteiger partial charge in [0, 0.05) is 19.0 Å². The molecule has 0 aromatic carbocycles. The number of hydrogen-bond donors (Lipinski definition) is 0. The Morgan fingerprint density at radius 2 is 2.00 bits per heavy atom. The normalized spacial score (nSPS) is 21.2. The van der Waals surface area contributed by atoms with Crippen LogP contribution >= 0.6 is 0 Å². The van der Waals surface area contributed by atoms with E-state index in [1.165, 1.54) is 0 Å². The van der Waals surface area contributed by atoms with Crippen LogP contribution in [0.1, 0.15) is 19.8 Å². The standard InChI is InChI=1S/C9H15NO2S/c1-3-9-5-7-10(8-6-9)13(11,12)4-2/h1,9H,4-8H2,2H3. The van der Waals surface area contributed by atoms with Crippen LogP contribution in [-0.4, -0.2) is 31.6 Å². The maximum Gasteiger partial charge on any atom is 0.213 e. The molecular weight excluding hydrogens is 186 g/mol. The van der Waals surface area contributed by atoms with Crippen LogP contribution in [0.5, 0.6) is 0 Å². The van der Waals surface area contributed by atoms with E-state index in [0.717, 1.165) is 12.8 Å². The van der Waals surface area contributed by atoms with E-state index in [2.05, 4.69) is 5.92 Å². The molecule has 0 saturated carbocycles. The van der Waals surface area contributed by atoms with Crippen LogP contribution < -0.4 is 0 Å². The number of hydrogen-bond acceptors (Lipinski definition) is 2. The van der Waals surface area contributed by atoms with Gasteiger partial charge < -0.3 is 0 Å². The highest BCUT2D eigenvalue weighted by molar-refractivity contribution is 7.89. The first-order chi connectivity index (χ1) is 6.10. The van der Waals surface area contributed by atoms with E-state index in [4.69, 9.17) is 6.42 Å². The van der Waals surface area contributed by atoms with Crippen molar-refractivity contribution >= 4 is 10.0 Å². The maximum atomic E-state index is 11.4. The molecule has 1 saturated heterocycles. The van der Waals surface area contributed by atoms with Gasteiger partial charge in [-0.1, -0.05) is 0 Å².